The van der Waals surface area contributed by atoms with E-state index < -0.39 is 0 Å². The van der Waals surface area contributed by atoms with Crippen LogP contribution in [0.15, 0.2) is 36.4 Å². The Morgan fingerprint density at radius 3 is 2.19 bits per heavy atom. The zero-order valence-corrected chi connectivity index (χ0v) is 15.3. The highest BCUT2D eigenvalue weighted by atomic mass is 79.9. The van der Waals surface area contributed by atoms with Gasteiger partial charge in [-0.2, -0.15) is 0 Å². The monoisotopic (exact) mass is 364 g/mol. The fourth-order valence-electron chi connectivity index (χ4n) is 2.98. The molecule has 0 saturated carbocycles. The highest BCUT2D eigenvalue weighted by Gasteiger charge is 2.14. The average Bonchev–Trinajstić information content (AvgIpc) is 2.43. The van der Waals surface area contributed by atoms with Gasteiger partial charge in [0.2, 0.25) is 0 Å². The minimum Gasteiger partial charge on any atom is -0.0925 e. The smallest absolute Gasteiger partial charge is 0.0438 e. The van der Waals surface area contributed by atoms with Crippen LogP contribution in [-0.2, 0) is 12.8 Å². The van der Waals surface area contributed by atoms with E-state index in [0.717, 1.165) is 23.2 Å². The Morgan fingerprint density at radius 2 is 1.62 bits per heavy atom. The molecule has 0 N–H and O–H groups in total. The van der Waals surface area contributed by atoms with Crippen LogP contribution in [-0.4, -0.2) is 5.33 Å². The molecule has 0 fully saturated rings. The molecular formula is C19H22BrCl. The van der Waals surface area contributed by atoms with Crippen molar-refractivity contribution in [2.24, 2.45) is 5.92 Å². The van der Waals surface area contributed by atoms with Crippen LogP contribution < -0.4 is 0 Å². The molecule has 112 valence electrons. The molecule has 0 nitrogen and oxygen atoms in total. The third-order valence-corrected chi connectivity index (χ3v) is 5.30. The lowest BCUT2D eigenvalue weighted by Crippen LogP contribution is -2.12. The summed E-state index contributed by atoms with van der Waals surface area (Å²) in [4.78, 5) is 0. The van der Waals surface area contributed by atoms with E-state index in [1.54, 1.807) is 0 Å². The van der Waals surface area contributed by atoms with Gasteiger partial charge < -0.3 is 0 Å². The predicted octanol–water partition coefficient (Wildman–Crippen LogP) is 6.06. The van der Waals surface area contributed by atoms with Gasteiger partial charge in [-0.1, -0.05) is 63.4 Å². The second-order valence-electron chi connectivity index (χ2n) is 5.90. The largest absolute Gasteiger partial charge is 0.0925 e. The summed E-state index contributed by atoms with van der Waals surface area (Å²) < 4.78 is 0. The van der Waals surface area contributed by atoms with Crippen LogP contribution in [0.5, 0.6) is 0 Å². The van der Waals surface area contributed by atoms with Crippen molar-refractivity contribution in [2.75, 3.05) is 5.33 Å². The number of hydrogen-bond acceptors (Lipinski definition) is 0. The Bertz CT molecular complexity index is 596. The van der Waals surface area contributed by atoms with E-state index in [1.165, 1.54) is 27.8 Å². The molecule has 0 aromatic heterocycles. The fourth-order valence-corrected chi connectivity index (χ4v) is 3.65. The molecule has 21 heavy (non-hydrogen) atoms. The zero-order chi connectivity index (χ0) is 15.4. The van der Waals surface area contributed by atoms with E-state index in [4.69, 9.17) is 11.6 Å². The Kier molecular flexibility index (Phi) is 5.89. The lowest BCUT2D eigenvalue weighted by atomic mass is 9.89. The molecule has 2 aromatic rings. The second-order valence-corrected chi connectivity index (χ2v) is 6.95. The lowest BCUT2D eigenvalue weighted by Gasteiger charge is -2.19. The molecule has 2 aromatic carbocycles. The zero-order valence-electron chi connectivity index (χ0n) is 12.9. The predicted molar refractivity (Wildman–Crippen MR) is 96.8 cm³/mol. The summed E-state index contributed by atoms with van der Waals surface area (Å²) in [5.41, 5.74) is 6.87. The molecule has 0 aliphatic carbocycles. The Hall–Kier alpha value is -0.790. The maximum atomic E-state index is 6.30. The third-order valence-electron chi connectivity index (χ3n) is 4.02. The standard InChI is InChI=1S/C19H22BrCl/c1-13-8-14(2)18(15(3)9-13)11-16(12-20)10-17-6-4-5-7-19(17)21/h4-9,16H,10-12H2,1-3H3. The number of halogens is 2. The molecule has 1 unspecified atom stereocenters. The van der Waals surface area contributed by atoms with Gasteiger partial charge in [0, 0.05) is 10.4 Å². The quantitative estimate of drug-likeness (QED) is 0.565. The van der Waals surface area contributed by atoms with Crippen molar-refractivity contribution in [2.45, 2.75) is 33.6 Å². The van der Waals surface area contributed by atoms with E-state index in [-0.39, 0.29) is 0 Å². The maximum absolute atomic E-state index is 6.30. The number of alkyl halides is 1. The van der Waals surface area contributed by atoms with Crippen LogP contribution in [0.4, 0.5) is 0 Å². The fraction of sp³-hybridized carbons (Fsp3) is 0.368. The summed E-state index contributed by atoms with van der Waals surface area (Å²) in [6, 6.07) is 12.7. The van der Waals surface area contributed by atoms with Gasteiger partial charge in [-0.15, -0.1) is 0 Å². The first-order chi connectivity index (χ1) is 10.0. The van der Waals surface area contributed by atoms with Crippen LogP contribution >= 0.6 is 27.5 Å². The van der Waals surface area contributed by atoms with E-state index in [9.17, 15) is 0 Å². The SMILES string of the molecule is Cc1cc(C)c(CC(CBr)Cc2ccccc2Cl)c(C)c1. The van der Waals surface area contributed by atoms with Crippen molar-refractivity contribution in [3.8, 4) is 0 Å². The van der Waals surface area contributed by atoms with Gasteiger partial charge in [0.15, 0.2) is 0 Å². The molecule has 1 atom stereocenters. The van der Waals surface area contributed by atoms with Crippen molar-refractivity contribution in [1.82, 2.24) is 0 Å². The average molecular weight is 366 g/mol. The minimum absolute atomic E-state index is 0.560. The molecule has 0 aliphatic rings. The Balaban J connectivity index is 2.19. The van der Waals surface area contributed by atoms with E-state index in [2.05, 4.69) is 61.0 Å². The van der Waals surface area contributed by atoms with Crippen LogP contribution in [0.25, 0.3) is 0 Å². The van der Waals surface area contributed by atoms with Gasteiger partial charge in [0.25, 0.3) is 0 Å². The molecule has 0 spiro atoms. The van der Waals surface area contributed by atoms with Gasteiger partial charge in [-0.05, 0) is 67.9 Å². The van der Waals surface area contributed by atoms with Crippen molar-refractivity contribution in [1.29, 1.82) is 0 Å². The van der Waals surface area contributed by atoms with Gasteiger partial charge in [-0.3, -0.25) is 0 Å². The normalized spacial score (nSPS) is 12.4. The molecular weight excluding hydrogens is 344 g/mol. The molecule has 0 radical (unpaired) electrons. The van der Waals surface area contributed by atoms with Crippen molar-refractivity contribution in [3.63, 3.8) is 0 Å². The van der Waals surface area contributed by atoms with Crippen LogP contribution in [0, 0.1) is 26.7 Å². The van der Waals surface area contributed by atoms with Gasteiger partial charge in [0.1, 0.15) is 0 Å². The number of benzene rings is 2. The second kappa shape index (κ2) is 7.47. The first-order valence-electron chi connectivity index (χ1n) is 7.37. The Labute approximate surface area is 141 Å². The molecule has 2 rings (SSSR count). The van der Waals surface area contributed by atoms with E-state index in [1.807, 2.05) is 12.1 Å². The highest BCUT2D eigenvalue weighted by Crippen LogP contribution is 2.25. The molecule has 0 aliphatic heterocycles. The van der Waals surface area contributed by atoms with Crippen LogP contribution in [0.3, 0.4) is 0 Å². The summed E-state index contributed by atoms with van der Waals surface area (Å²) in [6.07, 6.45) is 2.10. The summed E-state index contributed by atoms with van der Waals surface area (Å²) >= 11 is 9.97. The van der Waals surface area contributed by atoms with Crippen LogP contribution in [0.1, 0.15) is 27.8 Å². The summed E-state index contributed by atoms with van der Waals surface area (Å²) in [5.74, 6) is 0.560. The maximum Gasteiger partial charge on any atom is 0.0438 e. The summed E-state index contributed by atoms with van der Waals surface area (Å²) in [7, 11) is 0. The van der Waals surface area contributed by atoms with Gasteiger partial charge in [-0.25, -0.2) is 0 Å². The van der Waals surface area contributed by atoms with Crippen molar-refractivity contribution >= 4 is 27.5 Å². The number of hydrogen-bond donors (Lipinski definition) is 0. The third kappa shape index (κ3) is 4.34. The molecule has 0 bridgehead atoms. The summed E-state index contributed by atoms with van der Waals surface area (Å²) in [5, 5.41) is 1.87. The van der Waals surface area contributed by atoms with E-state index in [0.29, 0.717) is 5.92 Å². The first-order valence-corrected chi connectivity index (χ1v) is 8.87. The highest BCUT2D eigenvalue weighted by molar-refractivity contribution is 9.09. The Morgan fingerprint density at radius 1 is 1.00 bits per heavy atom. The number of rotatable bonds is 5. The lowest BCUT2D eigenvalue weighted by molar-refractivity contribution is 0.588. The van der Waals surface area contributed by atoms with Crippen molar-refractivity contribution in [3.05, 3.63) is 69.2 Å². The molecule has 0 amide bonds. The van der Waals surface area contributed by atoms with Crippen molar-refractivity contribution < 1.29 is 0 Å². The molecule has 2 heteroatoms. The molecule has 0 saturated heterocycles. The molecule has 0 heterocycles. The minimum atomic E-state index is 0.560. The summed E-state index contributed by atoms with van der Waals surface area (Å²) in [6.45, 7) is 6.60. The van der Waals surface area contributed by atoms with Crippen LogP contribution in [0.2, 0.25) is 5.02 Å². The first kappa shape index (κ1) is 16.6. The number of aryl methyl sites for hydroxylation is 3. The topological polar surface area (TPSA) is 0 Å². The van der Waals surface area contributed by atoms with Gasteiger partial charge >= 0.3 is 0 Å². The van der Waals surface area contributed by atoms with E-state index >= 15 is 0 Å². The van der Waals surface area contributed by atoms with Gasteiger partial charge in [0.05, 0.1) is 0 Å².